The van der Waals surface area contributed by atoms with Crippen molar-refractivity contribution in [1.29, 1.82) is 0 Å². The summed E-state index contributed by atoms with van der Waals surface area (Å²) >= 11 is 0. The van der Waals surface area contributed by atoms with Crippen LogP contribution in [0.1, 0.15) is 12.0 Å². The fourth-order valence-electron chi connectivity index (χ4n) is 2.67. The first-order valence-corrected chi connectivity index (χ1v) is 9.12. The molecule has 5 nitrogen and oxygen atoms in total. The summed E-state index contributed by atoms with van der Waals surface area (Å²) in [6.07, 6.45) is 0.287. The molecule has 3 rings (SSSR count). The highest BCUT2D eigenvalue weighted by Gasteiger charge is 2.35. The van der Waals surface area contributed by atoms with E-state index in [0.717, 1.165) is 17.7 Å². The molecule has 0 bridgehead atoms. The van der Waals surface area contributed by atoms with Crippen LogP contribution in [0.2, 0.25) is 0 Å². The second-order valence-electron chi connectivity index (χ2n) is 5.86. The summed E-state index contributed by atoms with van der Waals surface area (Å²) in [5.74, 6) is -2.78. The predicted molar refractivity (Wildman–Crippen MR) is 88.6 cm³/mol. The van der Waals surface area contributed by atoms with E-state index in [2.05, 4.69) is 4.72 Å². The van der Waals surface area contributed by atoms with Crippen LogP contribution in [0.5, 0.6) is 0 Å². The summed E-state index contributed by atoms with van der Waals surface area (Å²) in [7, 11) is -4.13. The first-order valence-electron chi connectivity index (χ1n) is 7.63. The first-order chi connectivity index (χ1) is 11.8. The number of anilines is 1. The summed E-state index contributed by atoms with van der Waals surface area (Å²) in [4.78, 5) is 13.6. The Balaban J connectivity index is 1.78. The van der Waals surface area contributed by atoms with Gasteiger partial charge < -0.3 is 4.90 Å². The van der Waals surface area contributed by atoms with Gasteiger partial charge in [0.15, 0.2) is 11.6 Å². The Kier molecular flexibility index (Phi) is 4.57. The van der Waals surface area contributed by atoms with E-state index in [4.69, 9.17) is 0 Å². The van der Waals surface area contributed by atoms with Crippen LogP contribution in [-0.2, 0) is 14.8 Å². The molecule has 0 saturated carbocycles. The number of hydrogen-bond donors (Lipinski definition) is 1. The van der Waals surface area contributed by atoms with Crippen molar-refractivity contribution < 1.29 is 22.0 Å². The molecule has 2 aromatic carbocycles. The molecule has 132 valence electrons. The van der Waals surface area contributed by atoms with Gasteiger partial charge in [0.1, 0.15) is 6.04 Å². The van der Waals surface area contributed by atoms with Crippen LogP contribution in [0.3, 0.4) is 0 Å². The van der Waals surface area contributed by atoms with E-state index in [-0.39, 0.29) is 12.3 Å². The zero-order valence-corrected chi connectivity index (χ0v) is 14.2. The van der Waals surface area contributed by atoms with E-state index in [1.165, 1.54) is 4.90 Å². The summed E-state index contributed by atoms with van der Waals surface area (Å²) in [6, 6.07) is 8.65. The number of amides is 1. The van der Waals surface area contributed by atoms with Crippen LogP contribution >= 0.6 is 0 Å². The van der Waals surface area contributed by atoms with Crippen molar-refractivity contribution in [3.8, 4) is 0 Å². The van der Waals surface area contributed by atoms with Crippen LogP contribution in [-0.4, -0.2) is 26.9 Å². The number of nitrogens with one attached hydrogen (secondary N) is 1. The third-order valence-electron chi connectivity index (χ3n) is 4.05. The molecule has 1 saturated heterocycles. The van der Waals surface area contributed by atoms with Crippen molar-refractivity contribution in [2.24, 2.45) is 0 Å². The van der Waals surface area contributed by atoms with Crippen molar-refractivity contribution in [2.75, 3.05) is 11.4 Å². The lowest BCUT2D eigenvalue weighted by atomic mass is 10.2. The summed E-state index contributed by atoms with van der Waals surface area (Å²) in [5.41, 5.74) is 1.73. The molecule has 0 aromatic heterocycles. The average Bonchev–Trinajstić information content (AvgIpc) is 2.91. The number of halogens is 2. The normalized spacial score (nSPS) is 18.0. The highest BCUT2D eigenvalue weighted by atomic mass is 32.2. The molecule has 1 amide bonds. The standard InChI is InChI=1S/C17H16F2N2O3S/c1-11-2-4-12(5-3-11)21-9-8-16(17(21)22)20-25(23,24)13-6-7-14(18)15(19)10-13/h2-7,10,16,20H,8-9H2,1H3/t16-/m0/s1. The van der Waals surface area contributed by atoms with Gasteiger partial charge in [0.25, 0.3) is 0 Å². The lowest BCUT2D eigenvalue weighted by molar-refractivity contribution is -0.118. The van der Waals surface area contributed by atoms with E-state index in [0.29, 0.717) is 18.3 Å². The van der Waals surface area contributed by atoms with Crippen LogP contribution in [0.15, 0.2) is 47.4 Å². The molecule has 2 aromatic rings. The van der Waals surface area contributed by atoms with Crippen molar-refractivity contribution in [1.82, 2.24) is 4.72 Å². The smallest absolute Gasteiger partial charge is 0.245 e. The van der Waals surface area contributed by atoms with E-state index in [9.17, 15) is 22.0 Å². The van der Waals surface area contributed by atoms with Gasteiger partial charge in [-0.15, -0.1) is 0 Å². The molecule has 1 aliphatic rings. The molecule has 1 atom stereocenters. The minimum absolute atomic E-state index is 0.287. The van der Waals surface area contributed by atoms with Gasteiger partial charge in [0, 0.05) is 12.2 Å². The van der Waals surface area contributed by atoms with Gasteiger partial charge in [-0.1, -0.05) is 17.7 Å². The second-order valence-corrected chi connectivity index (χ2v) is 7.58. The van der Waals surface area contributed by atoms with Crippen LogP contribution in [0, 0.1) is 18.6 Å². The molecule has 8 heteroatoms. The highest BCUT2D eigenvalue weighted by Crippen LogP contribution is 2.23. The third-order valence-corrected chi connectivity index (χ3v) is 5.52. The Hall–Kier alpha value is -2.32. The molecule has 1 heterocycles. The maximum Gasteiger partial charge on any atom is 0.245 e. The SMILES string of the molecule is Cc1ccc(N2CC[C@H](NS(=O)(=O)c3ccc(F)c(F)c3)C2=O)cc1. The van der Waals surface area contributed by atoms with Crippen molar-refractivity contribution >= 4 is 21.6 Å². The lowest BCUT2D eigenvalue weighted by Gasteiger charge is -2.17. The molecule has 0 radical (unpaired) electrons. The van der Waals surface area contributed by atoms with Crippen LogP contribution < -0.4 is 9.62 Å². The minimum atomic E-state index is -4.13. The van der Waals surface area contributed by atoms with E-state index < -0.39 is 32.6 Å². The van der Waals surface area contributed by atoms with Gasteiger partial charge in [-0.05, 0) is 43.7 Å². The molecular formula is C17H16F2N2O3S. The monoisotopic (exact) mass is 366 g/mol. The van der Waals surface area contributed by atoms with Gasteiger partial charge >= 0.3 is 0 Å². The van der Waals surface area contributed by atoms with Gasteiger partial charge in [-0.3, -0.25) is 4.79 Å². The number of hydrogen-bond acceptors (Lipinski definition) is 3. The zero-order chi connectivity index (χ0) is 18.2. The largest absolute Gasteiger partial charge is 0.311 e. The Morgan fingerprint density at radius 2 is 1.76 bits per heavy atom. The number of rotatable bonds is 4. The van der Waals surface area contributed by atoms with Crippen molar-refractivity contribution in [3.05, 3.63) is 59.7 Å². The molecule has 0 spiro atoms. The quantitative estimate of drug-likeness (QED) is 0.903. The fourth-order valence-corrected chi connectivity index (χ4v) is 3.90. The van der Waals surface area contributed by atoms with Gasteiger partial charge in [-0.2, -0.15) is 4.72 Å². The summed E-state index contributed by atoms with van der Waals surface area (Å²) < 4.78 is 53.1. The number of carbonyl (C=O) groups excluding carboxylic acids is 1. The average molecular weight is 366 g/mol. The van der Waals surface area contributed by atoms with Crippen LogP contribution in [0.4, 0.5) is 14.5 Å². The number of aryl methyl sites for hydroxylation is 1. The van der Waals surface area contributed by atoms with Crippen LogP contribution in [0.25, 0.3) is 0 Å². The van der Waals surface area contributed by atoms with E-state index in [1.54, 1.807) is 12.1 Å². The fraction of sp³-hybridized carbons (Fsp3) is 0.235. The lowest BCUT2D eigenvalue weighted by Crippen LogP contribution is -2.41. The van der Waals surface area contributed by atoms with Gasteiger partial charge in [0.2, 0.25) is 15.9 Å². The first kappa shape index (κ1) is 17.5. The molecule has 1 N–H and O–H groups in total. The van der Waals surface area contributed by atoms with Crippen molar-refractivity contribution in [2.45, 2.75) is 24.3 Å². The van der Waals surface area contributed by atoms with Gasteiger partial charge in [0.05, 0.1) is 4.90 Å². The number of nitrogens with zero attached hydrogens (tertiary/aromatic N) is 1. The highest BCUT2D eigenvalue weighted by molar-refractivity contribution is 7.89. The third kappa shape index (κ3) is 3.54. The maximum atomic E-state index is 13.3. The molecule has 1 fully saturated rings. The Labute approximate surface area is 144 Å². The molecular weight excluding hydrogens is 350 g/mol. The summed E-state index contributed by atoms with van der Waals surface area (Å²) in [5, 5.41) is 0. The molecule has 0 unspecified atom stereocenters. The molecule has 0 aliphatic carbocycles. The van der Waals surface area contributed by atoms with Crippen molar-refractivity contribution in [3.63, 3.8) is 0 Å². The Morgan fingerprint density at radius 1 is 1.08 bits per heavy atom. The Morgan fingerprint density at radius 3 is 2.40 bits per heavy atom. The number of carbonyl (C=O) groups is 1. The number of benzene rings is 2. The maximum absolute atomic E-state index is 13.3. The van der Waals surface area contributed by atoms with E-state index in [1.807, 2.05) is 19.1 Å². The number of sulfonamides is 1. The zero-order valence-electron chi connectivity index (χ0n) is 13.4. The Bertz CT molecular complexity index is 914. The van der Waals surface area contributed by atoms with Gasteiger partial charge in [-0.25, -0.2) is 17.2 Å². The summed E-state index contributed by atoms with van der Waals surface area (Å²) in [6.45, 7) is 2.29. The molecule has 1 aliphatic heterocycles. The second kappa shape index (κ2) is 6.53. The molecule has 25 heavy (non-hydrogen) atoms. The van der Waals surface area contributed by atoms with E-state index >= 15 is 0 Å². The minimum Gasteiger partial charge on any atom is -0.311 e. The topological polar surface area (TPSA) is 66.5 Å². The predicted octanol–water partition coefficient (Wildman–Crippen LogP) is 2.36.